The average molecular weight is 277 g/mol. The zero-order valence-electron chi connectivity index (χ0n) is 10.7. The summed E-state index contributed by atoms with van der Waals surface area (Å²) in [6.45, 7) is 0.907. The molecule has 0 radical (unpaired) electrons. The third-order valence-electron chi connectivity index (χ3n) is 3.45. The highest BCUT2D eigenvalue weighted by molar-refractivity contribution is 7.99. The fraction of sp³-hybridized carbons (Fsp3) is 0.385. The molecule has 2 heterocycles. The van der Waals surface area contributed by atoms with Crippen LogP contribution in [0.1, 0.15) is 0 Å². The van der Waals surface area contributed by atoms with E-state index in [1.807, 2.05) is 24.3 Å². The summed E-state index contributed by atoms with van der Waals surface area (Å²) >= 11 is 1.75. The summed E-state index contributed by atoms with van der Waals surface area (Å²) in [5, 5.41) is 0. The van der Waals surface area contributed by atoms with Crippen molar-refractivity contribution in [2.75, 3.05) is 18.2 Å². The first-order valence-electron chi connectivity index (χ1n) is 6.18. The van der Waals surface area contributed by atoms with Gasteiger partial charge in [0, 0.05) is 19.3 Å². The molecule has 0 unspecified atom stereocenters. The van der Waals surface area contributed by atoms with Gasteiger partial charge in [-0.15, -0.1) is 11.8 Å². The van der Waals surface area contributed by atoms with E-state index in [2.05, 4.69) is 0 Å². The molecule has 0 saturated carbocycles. The second-order valence-corrected chi connectivity index (χ2v) is 5.69. The Morgan fingerprint density at radius 3 is 2.74 bits per heavy atom. The molecule has 5 nitrogen and oxygen atoms in total. The maximum atomic E-state index is 12.2. The molecule has 0 spiro atoms. The lowest BCUT2D eigenvalue weighted by Gasteiger charge is -2.14. The molecule has 1 amide bonds. The van der Waals surface area contributed by atoms with Gasteiger partial charge in [-0.3, -0.25) is 13.9 Å². The lowest BCUT2D eigenvalue weighted by molar-refractivity contribution is -0.130. The largest absolute Gasteiger partial charge is 0.331 e. The topological polar surface area (TPSA) is 47.2 Å². The van der Waals surface area contributed by atoms with Gasteiger partial charge < -0.3 is 4.90 Å². The van der Waals surface area contributed by atoms with E-state index in [-0.39, 0.29) is 18.1 Å². The lowest BCUT2D eigenvalue weighted by atomic mass is 10.3. The normalized spacial score (nSPS) is 15.3. The van der Waals surface area contributed by atoms with Crippen molar-refractivity contribution in [2.45, 2.75) is 6.54 Å². The molecule has 1 aromatic carbocycles. The number of aryl methyl sites for hydroxylation is 1. The first-order valence-corrected chi connectivity index (χ1v) is 7.34. The van der Waals surface area contributed by atoms with Crippen LogP contribution in [0.3, 0.4) is 0 Å². The molecule has 1 fully saturated rings. The molecule has 2 aromatic rings. The molecule has 19 heavy (non-hydrogen) atoms. The predicted molar refractivity (Wildman–Crippen MR) is 76.2 cm³/mol. The first kappa shape index (κ1) is 12.3. The fourth-order valence-corrected chi connectivity index (χ4v) is 3.33. The Morgan fingerprint density at radius 1 is 1.32 bits per heavy atom. The smallest absolute Gasteiger partial charge is 0.329 e. The molecule has 1 saturated heterocycles. The van der Waals surface area contributed by atoms with Gasteiger partial charge in [0.25, 0.3) is 0 Å². The number of nitrogens with zero attached hydrogens (tertiary/aromatic N) is 3. The van der Waals surface area contributed by atoms with Crippen molar-refractivity contribution in [1.29, 1.82) is 0 Å². The number of amides is 1. The van der Waals surface area contributed by atoms with Crippen molar-refractivity contribution in [3.8, 4) is 0 Å². The number of benzene rings is 1. The van der Waals surface area contributed by atoms with Gasteiger partial charge in [-0.05, 0) is 12.1 Å². The van der Waals surface area contributed by atoms with E-state index in [0.29, 0.717) is 0 Å². The monoisotopic (exact) mass is 277 g/mol. The van der Waals surface area contributed by atoms with Gasteiger partial charge in [0.05, 0.1) is 16.9 Å². The Morgan fingerprint density at radius 2 is 2.05 bits per heavy atom. The van der Waals surface area contributed by atoms with Crippen LogP contribution in [0.25, 0.3) is 11.0 Å². The number of carbonyl (C=O) groups is 1. The molecule has 0 bridgehead atoms. The summed E-state index contributed by atoms with van der Waals surface area (Å²) in [6, 6.07) is 7.55. The summed E-state index contributed by atoms with van der Waals surface area (Å²) in [5.74, 6) is 1.73. The number of imidazole rings is 1. The average Bonchev–Trinajstić information content (AvgIpc) is 3.03. The highest BCUT2D eigenvalue weighted by Crippen LogP contribution is 2.15. The molecule has 3 rings (SSSR count). The standard InChI is InChI=1S/C13H15N3O2S/c1-14-10-4-2-3-5-11(10)16(13(14)18)8-12(17)15-6-7-19-9-15/h2-5H,6-9H2,1H3. The van der Waals surface area contributed by atoms with Crippen LogP contribution < -0.4 is 5.69 Å². The number of fused-ring (bicyclic) bond motifs is 1. The highest BCUT2D eigenvalue weighted by atomic mass is 32.2. The maximum Gasteiger partial charge on any atom is 0.329 e. The molecule has 100 valence electrons. The number of hydrogen-bond donors (Lipinski definition) is 0. The molecule has 1 aliphatic rings. The summed E-state index contributed by atoms with van der Waals surface area (Å²) in [4.78, 5) is 26.2. The predicted octanol–water partition coefficient (Wildman–Crippen LogP) is 0.873. The minimum absolute atomic E-state index is 0.0171. The van der Waals surface area contributed by atoms with Crippen LogP contribution in [0.5, 0.6) is 0 Å². The van der Waals surface area contributed by atoms with Crippen molar-refractivity contribution >= 4 is 28.7 Å². The van der Waals surface area contributed by atoms with E-state index >= 15 is 0 Å². The minimum atomic E-state index is -0.138. The van der Waals surface area contributed by atoms with E-state index in [9.17, 15) is 9.59 Å². The van der Waals surface area contributed by atoms with Crippen molar-refractivity contribution < 1.29 is 4.79 Å². The SMILES string of the molecule is Cn1c(=O)n(CC(=O)N2CCSC2)c2ccccc21. The van der Waals surface area contributed by atoms with Crippen molar-refractivity contribution in [3.63, 3.8) is 0 Å². The Balaban J connectivity index is 1.98. The first-order chi connectivity index (χ1) is 9.18. The zero-order chi connectivity index (χ0) is 13.4. The van der Waals surface area contributed by atoms with Gasteiger partial charge >= 0.3 is 5.69 Å². The number of carbonyl (C=O) groups excluding carboxylic acids is 1. The van der Waals surface area contributed by atoms with Crippen LogP contribution in [0, 0.1) is 0 Å². The second-order valence-electron chi connectivity index (χ2n) is 4.61. The number of para-hydroxylation sites is 2. The maximum absolute atomic E-state index is 12.2. The third-order valence-corrected chi connectivity index (χ3v) is 4.42. The van der Waals surface area contributed by atoms with Gasteiger partial charge in [0.1, 0.15) is 6.54 Å². The number of aromatic nitrogens is 2. The van der Waals surface area contributed by atoms with Gasteiger partial charge in [0.2, 0.25) is 5.91 Å². The Bertz CT molecular complexity index is 683. The summed E-state index contributed by atoms with van der Waals surface area (Å²) in [5.41, 5.74) is 1.53. The lowest BCUT2D eigenvalue weighted by Crippen LogP contribution is -2.34. The van der Waals surface area contributed by atoms with Crippen LogP contribution >= 0.6 is 11.8 Å². The van der Waals surface area contributed by atoms with Crippen LogP contribution in [0.15, 0.2) is 29.1 Å². The van der Waals surface area contributed by atoms with E-state index in [1.54, 1.807) is 32.8 Å². The summed E-state index contributed by atoms with van der Waals surface area (Å²) in [6.07, 6.45) is 0. The van der Waals surface area contributed by atoms with Crippen molar-refractivity contribution in [3.05, 3.63) is 34.7 Å². The van der Waals surface area contributed by atoms with Crippen LogP contribution in [-0.4, -0.2) is 38.1 Å². The highest BCUT2D eigenvalue weighted by Gasteiger charge is 2.20. The summed E-state index contributed by atoms with van der Waals surface area (Å²) in [7, 11) is 1.73. The van der Waals surface area contributed by atoms with E-state index in [1.165, 1.54) is 0 Å². The van der Waals surface area contributed by atoms with Gasteiger partial charge in [-0.25, -0.2) is 4.79 Å². The molecule has 1 aliphatic heterocycles. The Labute approximate surface area is 114 Å². The Kier molecular flexibility index (Phi) is 3.10. The van der Waals surface area contributed by atoms with E-state index in [4.69, 9.17) is 0 Å². The molecule has 1 aromatic heterocycles. The van der Waals surface area contributed by atoms with E-state index < -0.39 is 0 Å². The molecular weight excluding hydrogens is 262 g/mol. The molecule has 0 aliphatic carbocycles. The molecule has 0 N–H and O–H groups in total. The number of thioether (sulfide) groups is 1. The van der Waals surface area contributed by atoms with Crippen LogP contribution in [0.2, 0.25) is 0 Å². The second kappa shape index (κ2) is 4.77. The molecule has 6 heteroatoms. The molecular formula is C13H15N3O2S. The quantitative estimate of drug-likeness (QED) is 0.818. The minimum Gasteiger partial charge on any atom is -0.331 e. The number of rotatable bonds is 2. The Hall–Kier alpha value is -1.69. The number of hydrogen-bond acceptors (Lipinski definition) is 3. The van der Waals surface area contributed by atoms with Crippen LogP contribution in [0.4, 0.5) is 0 Å². The fourth-order valence-electron chi connectivity index (χ4n) is 2.36. The molecule has 0 atom stereocenters. The van der Waals surface area contributed by atoms with Gasteiger partial charge in [0.15, 0.2) is 0 Å². The van der Waals surface area contributed by atoms with E-state index in [0.717, 1.165) is 29.2 Å². The van der Waals surface area contributed by atoms with Crippen molar-refractivity contribution in [1.82, 2.24) is 14.0 Å². The van der Waals surface area contributed by atoms with Gasteiger partial charge in [-0.2, -0.15) is 0 Å². The van der Waals surface area contributed by atoms with Crippen LogP contribution in [-0.2, 0) is 18.4 Å². The van der Waals surface area contributed by atoms with Gasteiger partial charge in [-0.1, -0.05) is 12.1 Å². The summed E-state index contributed by atoms with van der Waals surface area (Å²) < 4.78 is 3.14. The van der Waals surface area contributed by atoms with Crippen molar-refractivity contribution in [2.24, 2.45) is 7.05 Å². The third kappa shape index (κ3) is 2.06. The zero-order valence-corrected chi connectivity index (χ0v) is 11.5.